The fraction of sp³-hybridized carbons (Fsp3) is 0.346. The summed E-state index contributed by atoms with van der Waals surface area (Å²) in [5, 5.41) is 4.11. The van der Waals surface area contributed by atoms with E-state index in [2.05, 4.69) is 146 Å². The first-order valence-corrected chi connectivity index (χ1v) is 24.9. The van der Waals surface area contributed by atoms with Crippen LogP contribution in [0.15, 0.2) is 97.3 Å². The van der Waals surface area contributed by atoms with Gasteiger partial charge in [0.25, 0.3) is 0 Å². The predicted molar refractivity (Wildman–Crippen MR) is 246 cm³/mol. The Morgan fingerprint density at radius 2 is 1.53 bits per heavy atom. The van der Waals surface area contributed by atoms with Crippen molar-refractivity contribution in [1.82, 2.24) is 9.97 Å². The summed E-state index contributed by atoms with van der Waals surface area (Å²) in [6.45, 7) is 20.7. The van der Waals surface area contributed by atoms with Gasteiger partial charge in [-0.1, -0.05) is 131 Å². The van der Waals surface area contributed by atoms with Gasteiger partial charge in [0, 0.05) is 37.2 Å². The molecule has 1 aliphatic carbocycles. The van der Waals surface area contributed by atoms with Gasteiger partial charge in [0.05, 0.1) is 8.07 Å². The third-order valence-corrected chi connectivity index (χ3v) is 14.5. The second-order valence-corrected chi connectivity index (χ2v) is 24.5. The van der Waals surface area contributed by atoms with Gasteiger partial charge in [-0.05, 0) is 106 Å². The van der Waals surface area contributed by atoms with Crippen LogP contribution >= 0.6 is 11.3 Å². The van der Waals surface area contributed by atoms with Gasteiger partial charge >= 0.3 is 0 Å². The predicted octanol–water partition coefficient (Wildman–Crippen LogP) is 14.3. The summed E-state index contributed by atoms with van der Waals surface area (Å²) in [6.07, 6.45) is 13.3. The van der Waals surface area contributed by atoms with Crippen LogP contribution in [0.4, 0.5) is 0 Å². The molecule has 0 N–H and O–H groups in total. The van der Waals surface area contributed by atoms with Crippen molar-refractivity contribution in [3.8, 4) is 33.6 Å². The van der Waals surface area contributed by atoms with E-state index in [4.69, 9.17) is 9.97 Å². The number of pyridine rings is 2. The van der Waals surface area contributed by atoms with Crippen LogP contribution in [-0.2, 0) is 32.9 Å². The monoisotopic (exact) mass is 963 g/mol. The number of aryl methyl sites for hydroxylation is 3. The van der Waals surface area contributed by atoms with Gasteiger partial charge in [0.15, 0.2) is 0 Å². The molecule has 5 heteroatoms. The van der Waals surface area contributed by atoms with Crippen LogP contribution in [0.3, 0.4) is 0 Å². The Morgan fingerprint density at radius 3 is 2.21 bits per heavy atom. The Labute approximate surface area is 361 Å². The summed E-state index contributed by atoms with van der Waals surface area (Å²) in [5.74, 6) is 0.829. The average molecular weight is 963 g/mol. The van der Waals surface area contributed by atoms with E-state index < -0.39 is 8.07 Å². The molecule has 3 heterocycles. The molecule has 2 nitrogen and oxygen atoms in total. The van der Waals surface area contributed by atoms with Gasteiger partial charge in [0.1, 0.15) is 0 Å². The Balaban J connectivity index is 0.000000215. The Hall–Kier alpha value is -3.73. The first-order chi connectivity index (χ1) is 26.7. The molecule has 3 aromatic heterocycles. The number of aromatic nitrogens is 2. The first-order valence-electron chi connectivity index (χ1n) is 20.6. The van der Waals surface area contributed by atoms with E-state index in [1.54, 1.807) is 0 Å². The van der Waals surface area contributed by atoms with Crippen LogP contribution in [0.5, 0.6) is 0 Å². The Bertz CT molecular complexity index is 2440. The first kappa shape index (κ1) is 42.9. The topological polar surface area (TPSA) is 25.8 Å². The second-order valence-electron chi connectivity index (χ2n) is 18.4. The van der Waals surface area contributed by atoms with Crippen molar-refractivity contribution in [3.05, 3.63) is 137 Å². The van der Waals surface area contributed by atoms with Gasteiger partial charge in [-0.2, -0.15) is 11.3 Å². The van der Waals surface area contributed by atoms with E-state index in [-0.39, 0.29) is 25.5 Å². The molecule has 0 unspecified atom stereocenters. The molecule has 7 aromatic rings. The number of benzene rings is 4. The molecule has 0 amide bonds. The van der Waals surface area contributed by atoms with E-state index in [0.29, 0.717) is 0 Å². The molecule has 0 saturated heterocycles. The summed E-state index contributed by atoms with van der Waals surface area (Å²) < 4.78 is 2.62. The molecule has 8 rings (SSSR count). The number of hydrogen-bond donors (Lipinski definition) is 0. The molecule has 1 radical (unpaired) electrons. The van der Waals surface area contributed by atoms with Crippen molar-refractivity contribution in [2.24, 2.45) is 11.3 Å². The molecule has 0 atom stereocenters. The smallest absolute Gasteiger partial charge is 0.0798 e. The fourth-order valence-corrected chi connectivity index (χ4v) is 11.6. The zero-order valence-corrected chi connectivity index (χ0v) is 39.6. The van der Waals surface area contributed by atoms with Crippen molar-refractivity contribution in [2.45, 2.75) is 106 Å². The van der Waals surface area contributed by atoms with Gasteiger partial charge in [-0.15, -0.1) is 59.7 Å². The zero-order chi connectivity index (χ0) is 39.6. The molecule has 4 aromatic carbocycles. The van der Waals surface area contributed by atoms with Crippen LogP contribution in [-0.4, -0.2) is 18.0 Å². The molecule has 297 valence electrons. The Morgan fingerprint density at radius 1 is 0.772 bits per heavy atom. The largest absolute Gasteiger partial charge is 0.305 e. The minimum absolute atomic E-state index is 0. The number of fused-ring (bicyclic) bond motifs is 3. The minimum Gasteiger partial charge on any atom is -0.305 e. The summed E-state index contributed by atoms with van der Waals surface area (Å²) in [7, 11) is -1.37. The molecule has 0 bridgehead atoms. The number of nitrogens with zero attached hydrogens (tertiary/aromatic N) is 2. The molecule has 57 heavy (non-hydrogen) atoms. The van der Waals surface area contributed by atoms with Crippen LogP contribution < -0.4 is 5.19 Å². The maximum absolute atomic E-state index is 4.80. The number of hydrogen-bond acceptors (Lipinski definition) is 3. The van der Waals surface area contributed by atoms with Gasteiger partial charge in [0.2, 0.25) is 0 Å². The van der Waals surface area contributed by atoms with E-state index in [1.165, 1.54) is 103 Å². The molecule has 0 spiro atoms. The van der Waals surface area contributed by atoms with Crippen molar-refractivity contribution in [3.63, 3.8) is 0 Å². The number of rotatable bonds is 7. The Kier molecular flexibility index (Phi) is 13.6. The average Bonchev–Trinajstić information content (AvgIpc) is 3.53. The van der Waals surface area contributed by atoms with Gasteiger partial charge < -0.3 is 9.97 Å². The summed E-state index contributed by atoms with van der Waals surface area (Å²) in [5.41, 5.74) is 14.1. The maximum Gasteiger partial charge on any atom is 0.0798 e. The third-order valence-electron chi connectivity index (χ3n) is 11.2. The zero-order valence-electron chi connectivity index (χ0n) is 35.4. The quantitative estimate of drug-likeness (QED) is 0.118. The third kappa shape index (κ3) is 10.3. The van der Waals surface area contributed by atoms with Crippen LogP contribution in [0.25, 0.3) is 53.8 Å². The van der Waals surface area contributed by atoms with E-state index >= 15 is 0 Å². The van der Waals surface area contributed by atoms with E-state index in [1.807, 2.05) is 35.7 Å². The number of thiophene rings is 1. The summed E-state index contributed by atoms with van der Waals surface area (Å²) in [4.78, 5) is 9.50. The second kappa shape index (κ2) is 18.0. The van der Waals surface area contributed by atoms with Crippen molar-refractivity contribution < 1.29 is 20.1 Å². The summed E-state index contributed by atoms with van der Waals surface area (Å²) in [6, 6.07) is 37.5. The normalized spacial score (nSPS) is 13.6. The standard InChI is InChI=1S/C33H32NS.C19H26NSi.Ir/c1-21-16-22(2)32(23(3)17-21)26-12-13-27-28-10-7-11-29(33(28)35-31(27)20-26)30-19-25(14-15-34-30)18-24-8-5-4-6-9-24;1-19(2,3)13-16-12-17(15-10-8-7-9-11-15)20-14-18(16)21(4,5)6;/h7,10,12-17,19-20,24H,4-6,8-9,18H2,1-3H3;7-10,12,14H,13H2,1-6H3;/q2*-1;. The van der Waals surface area contributed by atoms with Crippen LogP contribution in [0.2, 0.25) is 19.6 Å². The molecule has 0 aliphatic heterocycles. The van der Waals surface area contributed by atoms with Crippen LogP contribution in [0, 0.1) is 44.2 Å². The van der Waals surface area contributed by atoms with Gasteiger partial charge in [-0.25, -0.2) is 0 Å². The molecular formula is C52H58IrN2SSi-2. The molecule has 1 fully saturated rings. The van der Waals surface area contributed by atoms with Crippen molar-refractivity contribution in [1.29, 1.82) is 0 Å². The van der Waals surface area contributed by atoms with Gasteiger partial charge in [-0.3, -0.25) is 0 Å². The fourth-order valence-electron chi connectivity index (χ4n) is 8.78. The molecular weight excluding hydrogens is 905 g/mol. The van der Waals surface area contributed by atoms with E-state index in [0.717, 1.165) is 34.9 Å². The maximum atomic E-state index is 4.80. The van der Waals surface area contributed by atoms with Crippen LogP contribution in [0.1, 0.15) is 80.7 Å². The minimum atomic E-state index is -1.37. The summed E-state index contributed by atoms with van der Waals surface area (Å²) >= 11 is 1.88. The molecule has 1 saturated carbocycles. The molecule has 1 aliphatic rings. The van der Waals surface area contributed by atoms with Crippen molar-refractivity contribution in [2.75, 3.05) is 0 Å². The van der Waals surface area contributed by atoms with Crippen molar-refractivity contribution >= 4 is 44.8 Å². The SMILES string of the molecule is CC(C)(C)Cc1cc(-c2[c-]cccc2)ncc1[Si](C)(C)C.Cc1cc(C)c(-c2ccc3c(c2)sc2c(-c4cc(CC5CCCCC5)ccn4)[c-]ccc23)c(C)c1.[Ir]. The van der Waals surface area contributed by atoms with E-state index in [9.17, 15) is 0 Å².